The minimum Gasteiger partial charge on any atom is -0.310 e. The van der Waals surface area contributed by atoms with E-state index in [-0.39, 0.29) is 0 Å². The first-order valence-electron chi connectivity index (χ1n) is 7.27. The van der Waals surface area contributed by atoms with Crippen LogP contribution in [0, 0.1) is 0 Å². The Morgan fingerprint density at radius 3 is 2.95 bits per heavy atom. The van der Waals surface area contributed by atoms with Crippen LogP contribution in [0.4, 0.5) is 0 Å². The summed E-state index contributed by atoms with van der Waals surface area (Å²) in [4.78, 5) is 6.93. The molecule has 2 heterocycles. The quantitative estimate of drug-likeness (QED) is 0.757. The number of hydrogen-bond acceptors (Lipinski definition) is 4. The van der Waals surface area contributed by atoms with Crippen LogP contribution in [0.2, 0.25) is 0 Å². The van der Waals surface area contributed by atoms with E-state index in [0.29, 0.717) is 0 Å². The normalized spacial score (nSPS) is 14.8. The first kappa shape index (κ1) is 13.7. The van der Waals surface area contributed by atoms with E-state index in [9.17, 15) is 0 Å². The summed E-state index contributed by atoms with van der Waals surface area (Å²) in [5.74, 6) is 0. The summed E-state index contributed by atoms with van der Waals surface area (Å²) in [6.45, 7) is 4.10. The summed E-state index contributed by atoms with van der Waals surface area (Å²) in [5.41, 5.74) is 2.56. The minimum absolute atomic E-state index is 0.812. The lowest BCUT2D eigenvalue weighted by atomic mass is 10.3. The molecule has 1 fully saturated rings. The van der Waals surface area contributed by atoms with Crippen molar-refractivity contribution in [2.45, 2.75) is 32.0 Å². The molecular formula is C16H21N3S. The number of nitrogens with zero attached hydrogens (tertiary/aromatic N) is 2. The number of hydrogen-bond donors (Lipinski definition) is 1. The SMILES string of the molecule is c1ccc(CNCCN(Cc2ccsc2)C2CC2)nc1. The Hall–Kier alpha value is -1.23. The number of nitrogens with one attached hydrogen (secondary N) is 1. The monoisotopic (exact) mass is 287 g/mol. The third kappa shape index (κ3) is 4.13. The molecule has 2 aromatic heterocycles. The zero-order valence-corrected chi connectivity index (χ0v) is 12.5. The third-order valence-corrected chi connectivity index (χ3v) is 4.37. The number of thiophene rings is 1. The first-order chi connectivity index (χ1) is 9.92. The zero-order valence-electron chi connectivity index (χ0n) is 11.7. The molecule has 0 saturated heterocycles. The van der Waals surface area contributed by atoms with Gasteiger partial charge >= 0.3 is 0 Å². The molecule has 0 aromatic carbocycles. The molecule has 3 nitrogen and oxygen atoms in total. The van der Waals surface area contributed by atoms with Gasteiger partial charge in [0.2, 0.25) is 0 Å². The minimum atomic E-state index is 0.812. The van der Waals surface area contributed by atoms with Gasteiger partial charge in [0.05, 0.1) is 5.69 Å². The molecular weight excluding hydrogens is 266 g/mol. The van der Waals surface area contributed by atoms with E-state index in [2.05, 4.69) is 38.1 Å². The largest absolute Gasteiger partial charge is 0.310 e. The standard InChI is InChI=1S/C16H21N3S/c1-2-7-18-15(3-1)11-17-8-9-19(16-4-5-16)12-14-6-10-20-13-14/h1-3,6-7,10,13,16-17H,4-5,8-9,11-12H2. The van der Waals surface area contributed by atoms with E-state index in [0.717, 1.165) is 37.9 Å². The molecule has 1 aliphatic carbocycles. The summed E-state index contributed by atoms with van der Waals surface area (Å²) in [6, 6.07) is 9.11. The van der Waals surface area contributed by atoms with Crippen molar-refractivity contribution >= 4 is 11.3 Å². The Morgan fingerprint density at radius 1 is 1.30 bits per heavy atom. The molecule has 3 rings (SSSR count). The van der Waals surface area contributed by atoms with Gasteiger partial charge in [-0.3, -0.25) is 9.88 Å². The van der Waals surface area contributed by atoms with Gasteiger partial charge in [0.15, 0.2) is 0 Å². The van der Waals surface area contributed by atoms with Crippen molar-refractivity contribution in [2.75, 3.05) is 13.1 Å². The second-order valence-corrected chi connectivity index (χ2v) is 6.11. The van der Waals surface area contributed by atoms with Gasteiger partial charge in [-0.2, -0.15) is 11.3 Å². The van der Waals surface area contributed by atoms with Gasteiger partial charge in [-0.1, -0.05) is 6.07 Å². The second kappa shape index (κ2) is 6.97. The van der Waals surface area contributed by atoms with Crippen LogP contribution >= 0.6 is 11.3 Å². The molecule has 20 heavy (non-hydrogen) atoms. The highest BCUT2D eigenvalue weighted by molar-refractivity contribution is 7.07. The van der Waals surface area contributed by atoms with Crippen LogP contribution in [0.3, 0.4) is 0 Å². The van der Waals surface area contributed by atoms with Gasteiger partial charge in [0, 0.05) is 38.4 Å². The molecule has 0 radical (unpaired) electrons. The Labute approximate surface area is 124 Å². The van der Waals surface area contributed by atoms with Gasteiger partial charge in [-0.25, -0.2) is 0 Å². The van der Waals surface area contributed by atoms with E-state index in [1.807, 2.05) is 18.3 Å². The van der Waals surface area contributed by atoms with Gasteiger partial charge < -0.3 is 5.32 Å². The van der Waals surface area contributed by atoms with Crippen LogP contribution in [0.15, 0.2) is 41.2 Å². The van der Waals surface area contributed by atoms with Crippen molar-refractivity contribution in [3.63, 3.8) is 0 Å². The highest BCUT2D eigenvalue weighted by Crippen LogP contribution is 2.28. The molecule has 0 atom stereocenters. The molecule has 0 aliphatic heterocycles. The molecule has 1 saturated carbocycles. The zero-order chi connectivity index (χ0) is 13.6. The van der Waals surface area contributed by atoms with Crippen molar-refractivity contribution in [1.29, 1.82) is 0 Å². The molecule has 2 aromatic rings. The van der Waals surface area contributed by atoms with Crippen LogP contribution in [-0.2, 0) is 13.1 Å². The highest BCUT2D eigenvalue weighted by Gasteiger charge is 2.28. The number of rotatable bonds is 8. The smallest absolute Gasteiger partial charge is 0.0541 e. The Balaban J connectivity index is 1.41. The Kier molecular flexibility index (Phi) is 4.79. The molecule has 0 spiro atoms. The second-order valence-electron chi connectivity index (χ2n) is 5.33. The van der Waals surface area contributed by atoms with Crippen LogP contribution in [0.1, 0.15) is 24.1 Å². The van der Waals surface area contributed by atoms with Gasteiger partial charge in [-0.05, 0) is 47.4 Å². The third-order valence-electron chi connectivity index (χ3n) is 3.64. The summed E-state index contributed by atoms with van der Waals surface area (Å²) in [7, 11) is 0. The van der Waals surface area contributed by atoms with E-state index >= 15 is 0 Å². The predicted molar refractivity (Wildman–Crippen MR) is 83.7 cm³/mol. The Morgan fingerprint density at radius 2 is 2.25 bits per heavy atom. The van der Waals surface area contributed by atoms with Gasteiger partial charge in [0.1, 0.15) is 0 Å². The molecule has 106 valence electrons. The fraction of sp³-hybridized carbons (Fsp3) is 0.438. The van der Waals surface area contributed by atoms with Crippen LogP contribution < -0.4 is 5.32 Å². The summed E-state index contributed by atoms with van der Waals surface area (Å²) in [6.07, 6.45) is 4.58. The lowest BCUT2D eigenvalue weighted by Gasteiger charge is -2.21. The van der Waals surface area contributed by atoms with E-state index in [1.165, 1.54) is 18.4 Å². The predicted octanol–water partition coefficient (Wildman–Crippen LogP) is 2.90. The average molecular weight is 287 g/mol. The van der Waals surface area contributed by atoms with Gasteiger partial charge in [0.25, 0.3) is 0 Å². The molecule has 0 unspecified atom stereocenters. The fourth-order valence-corrected chi connectivity index (χ4v) is 3.05. The summed E-state index contributed by atoms with van der Waals surface area (Å²) in [5, 5.41) is 7.92. The summed E-state index contributed by atoms with van der Waals surface area (Å²) >= 11 is 1.79. The van der Waals surface area contributed by atoms with Gasteiger partial charge in [-0.15, -0.1) is 0 Å². The van der Waals surface area contributed by atoms with Crippen molar-refractivity contribution < 1.29 is 0 Å². The van der Waals surface area contributed by atoms with Crippen LogP contribution in [0.25, 0.3) is 0 Å². The molecule has 4 heteroatoms. The van der Waals surface area contributed by atoms with Crippen molar-refractivity contribution in [1.82, 2.24) is 15.2 Å². The van der Waals surface area contributed by atoms with Crippen molar-refractivity contribution in [3.05, 3.63) is 52.5 Å². The average Bonchev–Trinajstić information content (AvgIpc) is 3.21. The molecule has 1 aliphatic rings. The van der Waals surface area contributed by atoms with E-state index in [1.54, 1.807) is 11.3 Å². The highest BCUT2D eigenvalue weighted by atomic mass is 32.1. The first-order valence-corrected chi connectivity index (χ1v) is 8.22. The maximum atomic E-state index is 4.33. The van der Waals surface area contributed by atoms with E-state index in [4.69, 9.17) is 0 Å². The number of aromatic nitrogens is 1. The molecule has 0 amide bonds. The lowest BCUT2D eigenvalue weighted by molar-refractivity contribution is 0.254. The van der Waals surface area contributed by atoms with Crippen LogP contribution in [-0.4, -0.2) is 29.0 Å². The van der Waals surface area contributed by atoms with Crippen molar-refractivity contribution in [3.8, 4) is 0 Å². The summed E-state index contributed by atoms with van der Waals surface area (Å²) < 4.78 is 0. The molecule has 0 bridgehead atoms. The lowest BCUT2D eigenvalue weighted by Crippen LogP contribution is -2.33. The molecule has 1 N–H and O–H groups in total. The Bertz CT molecular complexity index is 494. The maximum absolute atomic E-state index is 4.33. The topological polar surface area (TPSA) is 28.2 Å². The fourth-order valence-electron chi connectivity index (χ4n) is 2.39. The van der Waals surface area contributed by atoms with Crippen LogP contribution in [0.5, 0.6) is 0 Å². The number of pyridine rings is 1. The van der Waals surface area contributed by atoms with E-state index < -0.39 is 0 Å². The van der Waals surface area contributed by atoms with Crippen molar-refractivity contribution in [2.24, 2.45) is 0 Å². The maximum Gasteiger partial charge on any atom is 0.0541 e.